The van der Waals surface area contributed by atoms with Crippen LogP contribution in [0.2, 0.25) is 0 Å². The molecule has 1 amide bonds. The number of unbranched alkanes of at least 4 members (excludes halogenated alkanes) is 2. The number of amides is 1. The lowest BCUT2D eigenvalue weighted by Crippen LogP contribution is -2.19. The molecule has 0 aliphatic heterocycles. The molecule has 1 saturated carbocycles. The number of hydrogen-bond acceptors (Lipinski definition) is 6. The van der Waals surface area contributed by atoms with Crippen LogP contribution in [0.3, 0.4) is 0 Å². The minimum absolute atomic E-state index is 0.0329. The topological polar surface area (TPSA) is 102 Å². The van der Waals surface area contributed by atoms with Crippen molar-refractivity contribution in [3.63, 3.8) is 0 Å². The van der Waals surface area contributed by atoms with Gasteiger partial charge in [-0.2, -0.15) is 0 Å². The van der Waals surface area contributed by atoms with E-state index in [2.05, 4.69) is 62.0 Å². The number of benzene rings is 1. The second kappa shape index (κ2) is 27.7. The standard InChI is InChI=1S/C16H22O.C7H14.C5H10N2O4.CH4O/c1-14-7-6-11-16(13-14)17-12-5-4-10-15-8-2-3-9-15;1-3-5-7-6-4-2;1-6(5-8)3-2-4-11-7(9)10;1-2/h4,6-7,10-11,13,15H,2-3,5,8-9,12H2,1H3;3,5H,4,6-7H2,1-2H3;5H,2-4H2,1H3;2H,1H3/b10-4+;5-3-;;. The van der Waals surface area contributed by atoms with Crippen LogP contribution in [0, 0.1) is 23.0 Å². The Hall–Kier alpha value is -2.87. The highest BCUT2D eigenvalue weighted by atomic mass is 16.9. The van der Waals surface area contributed by atoms with Crippen LogP contribution in [0.15, 0.2) is 48.6 Å². The van der Waals surface area contributed by atoms with Crippen LogP contribution in [0.25, 0.3) is 0 Å². The molecule has 1 fully saturated rings. The molecule has 0 aromatic heterocycles. The van der Waals surface area contributed by atoms with Gasteiger partial charge in [0.1, 0.15) is 5.75 Å². The van der Waals surface area contributed by atoms with E-state index in [0.717, 1.165) is 31.8 Å². The van der Waals surface area contributed by atoms with Crippen molar-refractivity contribution in [1.82, 2.24) is 4.90 Å². The summed E-state index contributed by atoms with van der Waals surface area (Å²) in [6.45, 7) is 7.65. The Labute approximate surface area is 224 Å². The molecule has 0 atom stereocenters. The number of aryl methyl sites for hydroxylation is 1. The summed E-state index contributed by atoms with van der Waals surface area (Å²) >= 11 is 0. The fourth-order valence-electron chi connectivity index (χ4n) is 3.38. The summed E-state index contributed by atoms with van der Waals surface area (Å²) in [4.78, 5) is 25.0. The van der Waals surface area contributed by atoms with E-state index >= 15 is 0 Å². The molecule has 1 aliphatic carbocycles. The fourth-order valence-corrected chi connectivity index (χ4v) is 3.38. The summed E-state index contributed by atoms with van der Waals surface area (Å²) in [5.74, 6) is 1.83. The van der Waals surface area contributed by atoms with Crippen LogP contribution < -0.4 is 4.74 Å². The number of carbonyl (C=O) groups is 1. The van der Waals surface area contributed by atoms with Gasteiger partial charge in [0.2, 0.25) is 6.41 Å². The Morgan fingerprint density at radius 2 is 1.84 bits per heavy atom. The van der Waals surface area contributed by atoms with E-state index in [9.17, 15) is 14.9 Å². The third-order valence-electron chi connectivity index (χ3n) is 5.34. The second-order valence-corrected chi connectivity index (χ2v) is 8.63. The quantitative estimate of drug-likeness (QED) is 0.0978. The number of carbonyl (C=O) groups excluding carboxylic acids is 1. The first-order chi connectivity index (χ1) is 17.9. The molecule has 0 bridgehead atoms. The van der Waals surface area contributed by atoms with Crippen molar-refractivity contribution in [2.45, 2.75) is 78.6 Å². The number of ether oxygens (including phenoxy) is 1. The Kier molecular flexibility index (Phi) is 27.2. The van der Waals surface area contributed by atoms with Crippen LogP contribution in [-0.2, 0) is 9.63 Å². The van der Waals surface area contributed by atoms with E-state index in [-0.39, 0.29) is 6.61 Å². The van der Waals surface area contributed by atoms with Gasteiger partial charge in [0.25, 0.3) is 5.09 Å². The van der Waals surface area contributed by atoms with Crippen LogP contribution in [-0.4, -0.2) is 55.4 Å². The van der Waals surface area contributed by atoms with E-state index in [1.54, 1.807) is 7.05 Å². The predicted octanol–water partition coefficient (Wildman–Crippen LogP) is 6.54. The van der Waals surface area contributed by atoms with Gasteiger partial charge < -0.3 is 19.6 Å². The maximum absolute atomic E-state index is 9.98. The highest BCUT2D eigenvalue weighted by Gasteiger charge is 2.10. The van der Waals surface area contributed by atoms with Gasteiger partial charge in [-0.05, 0) is 69.6 Å². The molecule has 37 heavy (non-hydrogen) atoms. The number of rotatable bonds is 14. The number of nitrogens with zero attached hydrogens (tertiary/aromatic N) is 2. The van der Waals surface area contributed by atoms with Gasteiger partial charge in [0.05, 0.1) is 13.2 Å². The zero-order valence-corrected chi connectivity index (χ0v) is 23.6. The minimum atomic E-state index is -0.846. The first-order valence-corrected chi connectivity index (χ1v) is 13.3. The molecular weight excluding hydrogens is 472 g/mol. The average molecular weight is 523 g/mol. The van der Waals surface area contributed by atoms with Crippen molar-refractivity contribution < 1.29 is 24.6 Å². The number of aliphatic hydroxyl groups is 1. The Balaban J connectivity index is 0. The Morgan fingerprint density at radius 3 is 2.41 bits per heavy atom. The molecular formula is C29H50N2O6. The predicted molar refractivity (Wildman–Crippen MR) is 151 cm³/mol. The van der Waals surface area contributed by atoms with Gasteiger partial charge in [-0.15, -0.1) is 10.1 Å². The normalized spacial score (nSPS) is 12.5. The van der Waals surface area contributed by atoms with Crippen molar-refractivity contribution >= 4 is 6.41 Å². The number of aliphatic hydroxyl groups excluding tert-OH is 1. The second-order valence-electron chi connectivity index (χ2n) is 8.63. The summed E-state index contributed by atoms with van der Waals surface area (Å²) in [5.41, 5.74) is 1.25. The maximum Gasteiger partial charge on any atom is 0.294 e. The molecule has 0 saturated heterocycles. The van der Waals surface area contributed by atoms with Crippen LogP contribution in [0.1, 0.15) is 77.2 Å². The lowest BCUT2D eigenvalue weighted by atomic mass is 10.1. The number of hydrogen-bond donors (Lipinski definition) is 1. The molecule has 1 N–H and O–H groups in total. The molecule has 8 nitrogen and oxygen atoms in total. The first kappa shape index (κ1) is 36.3. The average Bonchev–Trinajstić information content (AvgIpc) is 3.42. The van der Waals surface area contributed by atoms with Gasteiger partial charge >= 0.3 is 0 Å². The Bertz CT molecular complexity index is 718. The third-order valence-corrected chi connectivity index (χ3v) is 5.34. The van der Waals surface area contributed by atoms with Gasteiger partial charge in [-0.25, -0.2) is 0 Å². The molecule has 0 radical (unpaired) electrons. The molecule has 0 heterocycles. The van der Waals surface area contributed by atoms with Crippen molar-refractivity contribution in [3.8, 4) is 5.75 Å². The molecule has 1 aliphatic rings. The monoisotopic (exact) mass is 522 g/mol. The molecule has 2 rings (SSSR count). The SMILES string of the molecule is C/C=C\CCCC.CN(C=O)CCCO[N+](=O)[O-].CO.Cc1cccc(OCC/C=C/C2CCCC2)c1. The lowest BCUT2D eigenvalue weighted by molar-refractivity contribution is -0.757. The van der Waals surface area contributed by atoms with Crippen molar-refractivity contribution in [1.29, 1.82) is 0 Å². The summed E-state index contributed by atoms with van der Waals surface area (Å²) in [6.07, 6.45) is 20.6. The fraction of sp³-hybridized carbons (Fsp3) is 0.621. The smallest absolute Gasteiger partial charge is 0.294 e. The zero-order chi connectivity index (χ0) is 28.2. The van der Waals surface area contributed by atoms with E-state index in [1.807, 2.05) is 12.1 Å². The van der Waals surface area contributed by atoms with E-state index in [0.29, 0.717) is 19.4 Å². The van der Waals surface area contributed by atoms with Crippen LogP contribution in [0.4, 0.5) is 0 Å². The number of allylic oxidation sites excluding steroid dienone is 3. The third kappa shape index (κ3) is 26.0. The highest BCUT2D eigenvalue weighted by Crippen LogP contribution is 2.25. The zero-order valence-electron chi connectivity index (χ0n) is 23.6. The largest absolute Gasteiger partial charge is 0.493 e. The van der Waals surface area contributed by atoms with E-state index in [1.165, 1.54) is 55.4 Å². The van der Waals surface area contributed by atoms with Gasteiger partial charge in [-0.3, -0.25) is 4.79 Å². The molecule has 212 valence electrons. The van der Waals surface area contributed by atoms with Crippen molar-refractivity contribution in [2.24, 2.45) is 5.92 Å². The molecule has 0 unspecified atom stereocenters. The van der Waals surface area contributed by atoms with Gasteiger partial charge in [0, 0.05) is 20.7 Å². The van der Waals surface area contributed by atoms with Gasteiger partial charge in [0.15, 0.2) is 0 Å². The molecule has 1 aromatic carbocycles. The van der Waals surface area contributed by atoms with Crippen molar-refractivity contribution in [2.75, 3.05) is 33.9 Å². The highest BCUT2D eigenvalue weighted by molar-refractivity contribution is 5.46. The maximum atomic E-state index is 9.98. The van der Waals surface area contributed by atoms with Crippen LogP contribution in [0.5, 0.6) is 5.75 Å². The molecule has 8 heteroatoms. The lowest BCUT2D eigenvalue weighted by Gasteiger charge is -2.08. The summed E-state index contributed by atoms with van der Waals surface area (Å²) in [5, 5.41) is 15.8. The van der Waals surface area contributed by atoms with Crippen molar-refractivity contribution in [3.05, 3.63) is 64.2 Å². The summed E-state index contributed by atoms with van der Waals surface area (Å²) in [6, 6.07) is 8.24. The summed E-state index contributed by atoms with van der Waals surface area (Å²) in [7, 11) is 2.60. The van der Waals surface area contributed by atoms with Crippen LogP contribution >= 0.6 is 0 Å². The Morgan fingerprint density at radius 1 is 1.14 bits per heavy atom. The summed E-state index contributed by atoms with van der Waals surface area (Å²) < 4.78 is 5.70. The molecule has 1 aromatic rings. The van der Waals surface area contributed by atoms with E-state index < -0.39 is 5.09 Å². The minimum Gasteiger partial charge on any atom is -0.493 e. The molecule has 0 spiro atoms. The first-order valence-electron chi connectivity index (χ1n) is 13.3. The van der Waals surface area contributed by atoms with E-state index in [4.69, 9.17) is 9.84 Å². The van der Waals surface area contributed by atoms with Gasteiger partial charge in [-0.1, -0.05) is 69.0 Å².